The highest BCUT2D eigenvalue weighted by molar-refractivity contribution is 5.68. The molecule has 0 aromatic carbocycles. The molecule has 0 bridgehead atoms. The Morgan fingerprint density at radius 3 is 2.40 bits per heavy atom. The van der Waals surface area contributed by atoms with Gasteiger partial charge in [0.1, 0.15) is 5.60 Å². The second kappa shape index (κ2) is 5.68. The highest BCUT2D eigenvalue weighted by atomic mass is 19.4. The van der Waals surface area contributed by atoms with Crippen LogP contribution in [0.4, 0.5) is 18.0 Å². The smallest absolute Gasteiger partial charge is 0.417 e. The highest BCUT2D eigenvalue weighted by Crippen LogP contribution is 2.30. The predicted octanol–water partition coefficient (Wildman–Crippen LogP) is 3.69. The van der Waals surface area contributed by atoms with Gasteiger partial charge in [0.15, 0.2) is 0 Å². The maximum Gasteiger partial charge on any atom is 0.417 e. The minimum atomic E-state index is -4.46. The molecular formula is C13H17F3N2O2. The number of rotatable bonds is 2. The fourth-order valence-electron chi connectivity index (χ4n) is 1.42. The SMILES string of the molecule is C[C@@H](NC(=O)OC(C)(C)C)c1cncc(C(F)(F)F)c1. The topological polar surface area (TPSA) is 51.2 Å². The fourth-order valence-corrected chi connectivity index (χ4v) is 1.42. The number of carbonyl (C=O) groups excluding carboxylic acids is 1. The number of amides is 1. The summed E-state index contributed by atoms with van der Waals surface area (Å²) < 4.78 is 42.7. The highest BCUT2D eigenvalue weighted by Gasteiger charge is 2.31. The molecule has 1 rings (SSSR count). The van der Waals surface area contributed by atoms with Gasteiger partial charge in [-0.2, -0.15) is 13.2 Å². The Balaban J connectivity index is 2.78. The number of alkyl halides is 3. The zero-order valence-electron chi connectivity index (χ0n) is 11.7. The Morgan fingerprint density at radius 2 is 1.90 bits per heavy atom. The predicted molar refractivity (Wildman–Crippen MR) is 67.0 cm³/mol. The van der Waals surface area contributed by atoms with Crippen LogP contribution >= 0.6 is 0 Å². The molecule has 20 heavy (non-hydrogen) atoms. The van der Waals surface area contributed by atoms with E-state index in [0.29, 0.717) is 0 Å². The Bertz CT molecular complexity index is 481. The Kier molecular flexibility index (Phi) is 4.62. The van der Waals surface area contributed by atoms with Crippen LogP contribution < -0.4 is 5.32 Å². The van der Waals surface area contributed by atoms with E-state index < -0.39 is 29.5 Å². The molecule has 4 nitrogen and oxygen atoms in total. The van der Waals surface area contributed by atoms with Crippen molar-refractivity contribution in [1.29, 1.82) is 0 Å². The molecule has 0 radical (unpaired) electrons. The maximum atomic E-state index is 12.6. The summed E-state index contributed by atoms with van der Waals surface area (Å²) in [5.41, 5.74) is -1.27. The fraction of sp³-hybridized carbons (Fsp3) is 0.538. The molecule has 0 fully saturated rings. The van der Waals surface area contributed by atoms with Gasteiger partial charge < -0.3 is 10.1 Å². The third-order valence-corrected chi connectivity index (χ3v) is 2.32. The van der Waals surface area contributed by atoms with E-state index >= 15 is 0 Å². The van der Waals surface area contributed by atoms with Crippen LogP contribution in [0.25, 0.3) is 0 Å². The number of halogens is 3. The van der Waals surface area contributed by atoms with Gasteiger partial charge >= 0.3 is 12.3 Å². The zero-order valence-corrected chi connectivity index (χ0v) is 11.7. The number of hydrogen-bond acceptors (Lipinski definition) is 3. The Hall–Kier alpha value is -1.79. The van der Waals surface area contributed by atoms with Crippen molar-refractivity contribution < 1.29 is 22.7 Å². The minimum Gasteiger partial charge on any atom is -0.444 e. The van der Waals surface area contributed by atoms with E-state index in [-0.39, 0.29) is 5.56 Å². The van der Waals surface area contributed by atoms with Crippen molar-refractivity contribution >= 4 is 6.09 Å². The molecule has 7 heteroatoms. The maximum absolute atomic E-state index is 12.6. The van der Waals surface area contributed by atoms with Crippen molar-refractivity contribution in [3.8, 4) is 0 Å². The summed E-state index contributed by atoms with van der Waals surface area (Å²) in [6.07, 6.45) is -3.14. The van der Waals surface area contributed by atoms with Crippen molar-refractivity contribution in [3.05, 3.63) is 29.6 Å². The third-order valence-electron chi connectivity index (χ3n) is 2.32. The van der Waals surface area contributed by atoms with Crippen molar-refractivity contribution in [2.24, 2.45) is 0 Å². The number of ether oxygens (including phenoxy) is 1. The normalized spacial score (nSPS) is 13.8. The molecule has 0 saturated carbocycles. The first-order chi connectivity index (χ1) is 8.99. The summed E-state index contributed by atoms with van der Waals surface area (Å²) in [5, 5.41) is 2.46. The number of aromatic nitrogens is 1. The monoisotopic (exact) mass is 290 g/mol. The van der Waals surface area contributed by atoms with Crippen molar-refractivity contribution in [2.45, 2.75) is 45.5 Å². The lowest BCUT2D eigenvalue weighted by molar-refractivity contribution is -0.137. The number of nitrogens with zero attached hydrogens (tertiary/aromatic N) is 1. The van der Waals surface area contributed by atoms with Gasteiger partial charge in [-0.15, -0.1) is 0 Å². The molecule has 1 N–H and O–H groups in total. The first-order valence-corrected chi connectivity index (χ1v) is 6.01. The van der Waals surface area contributed by atoms with Gasteiger partial charge in [-0.05, 0) is 39.3 Å². The lowest BCUT2D eigenvalue weighted by Crippen LogP contribution is -2.34. The van der Waals surface area contributed by atoms with Crippen LogP contribution in [0.3, 0.4) is 0 Å². The van der Waals surface area contributed by atoms with Crippen LogP contribution in [0.1, 0.15) is 44.9 Å². The number of nitrogens with one attached hydrogen (secondary N) is 1. The van der Waals surface area contributed by atoms with E-state index in [4.69, 9.17) is 4.74 Å². The van der Waals surface area contributed by atoms with Crippen molar-refractivity contribution in [3.63, 3.8) is 0 Å². The van der Waals surface area contributed by atoms with Gasteiger partial charge in [-0.25, -0.2) is 4.79 Å². The largest absolute Gasteiger partial charge is 0.444 e. The second-order valence-electron chi connectivity index (χ2n) is 5.37. The summed E-state index contributed by atoms with van der Waals surface area (Å²) in [6.45, 7) is 6.65. The van der Waals surface area contributed by atoms with Crippen LogP contribution in [-0.2, 0) is 10.9 Å². The van der Waals surface area contributed by atoms with Crippen molar-refractivity contribution in [1.82, 2.24) is 10.3 Å². The van der Waals surface area contributed by atoms with Crippen LogP contribution in [0.15, 0.2) is 18.5 Å². The van der Waals surface area contributed by atoms with E-state index in [9.17, 15) is 18.0 Å². The summed E-state index contributed by atoms with van der Waals surface area (Å²) in [4.78, 5) is 15.1. The van der Waals surface area contributed by atoms with E-state index in [1.807, 2.05) is 0 Å². The molecule has 1 heterocycles. The van der Waals surface area contributed by atoms with Gasteiger partial charge in [-0.3, -0.25) is 4.98 Å². The van der Waals surface area contributed by atoms with Gasteiger partial charge in [0, 0.05) is 12.4 Å². The first kappa shape index (κ1) is 16.3. The Labute approximate surface area is 115 Å². The standard InChI is InChI=1S/C13H17F3N2O2/c1-8(18-11(19)20-12(2,3)4)9-5-10(7-17-6-9)13(14,15)16/h5-8H,1-4H3,(H,18,19)/t8-/m1/s1. The molecule has 1 atom stereocenters. The number of hydrogen-bond donors (Lipinski definition) is 1. The summed E-state index contributed by atoms with van der Waals surface area (Å²) in [6, 6.07) is 0.314. The van der Waals surface area contributed by atoms with Gasteiger partial charge in [0.25, 0.3) is 0 Å². The third kappa shape index (κ3) is 5.07. The average molecular weight is 290 g/mol. The Morgan fingerprint density at radius 1 is 1.30 bits per heavy atom. The molecular weight excluding hydrogens is 273 g/mol. The number of carbonyl (C=O) groups is 1. The number of alkyl carbamates (subject to hydrolysis) is 1. The van der Waals surface area contributed by atoms with E-state index in [0.717, 1.165) is 12.3 Å². The molecule has 0 aliphatic carbocycles. The molecule has 0 aliphatic heterocycles. The summed E-state index contributed by atoms with van der Waals surface area (Å²) in [7, 11) is 0. The van der Waals surface area contributed by atoms with Gasteiger partial charge in [0.2, 0.25) is 0 Å². The average Bonchev–Trinajstić information content (AvgIpc) is 2.25. The van der Waals surface area contributed by atoms with E-state index in [2.05, 4.69) is 10.3 Å². The second-order valence-corrected chi connectivity index (χ2v) is 5.37. The van der Waals surface area contributed by atoms with Gasteiger partial charge in [0.05, 0.1) is 11.6 Å². The molecule has 0 spiro atoms. The first-order valence-electron chi connectivity index (χ1n) is 6.01. The molecule has 0 saturated heterocycles. The molecule has 1 amide bonds. The molecule has 1 aromatic rings. The van der Waals surface area contributed by atoms with Crippen LogP contribution in [0.2, 0.25) is 0 Å². The lowest BCUT2D eigenvalue weighted by atomic mass is 10.1. The van der Waals surface area contributed by atoms with Crippen LogP contribution in [0, 0.1) is 0 Å². The number of pyridine rings is 1. The molecule has 0 unspecified atom stereocenters. The molecule has 112 valence electrons. The van der Waals surface area contributed by atoms with E-state index in [1.165, 1.54) is 6.20 Å². The zero-order chi connectivity index (χ0) is 15.6. The summed E-state index contributed by atoms with van der Waals surface area (Å²) >= 11 is 0. The van der Waals surface area contributed by atoms with Crippen LogP contribution in [0.5, 0.6) is 0 Å². The summed E-state index contributed by atoms with van der Waals surface area (Å²) in [5.74, 6) is 0. The molecule has 0 aliphatic rings. The van der Waals surface area contributed by atoms with Gasteiger partial charge in [-0.1, -0.05) is 0 Å². The molecule has 1 aromatic heterocycles. The quantitative estimate of drug-likeness (QED) is 0.903. The van der Waals surface area contributed by atoms with Crippen LogP contribution in [-0.4, -0.2) is 16.7 Å². The van der Waals surface area contributed by atoms with E-state index in [1.54, 1.807) is 27.7 Å². The minimum absolute atomic E-state index is 0.255. The van der Waals surface area contributed by atoms with Crippen molar-refractivity contribution in [2.75, 3.05) is 0 Å². The lowest BCUT2D eigenvalue weighted by Gasteiger charge is -2.22.